The van der Waals surface area contributed by atoms with Crippen molar-refractivity contribution in [2.45, 2.75) is 6.92 Å². The van der Waals surface area contributed by atoms with Crippen LogP contribution in [0.4, 0.5) is 11.4 Å². The van der Waals surface area contributed by atoms with Gasteiger partial charge in [0.25, 0.3) is 5.91 Å². The summed E-state index contributed by atoms with van der Waals surface area (Å²) in [6, 6.07) is 14.0. The number of carbonyl (C=O) groups is 2. The Morgan fingerprint density at radius 2 is 1.58 bits per heavy atom. The summed E-state index contributed by atoms with van der Waals surface area (Å²) in [7, 11) is 3.28. The third-order valence-corrected chi connectivity index (χ3v) is 3.44. The molecule has 0 heterocycles. The third kappa shape index (κ3) is 4.74. The maximum atomic E-state index is 11.9. The molecular weight excluding hydrogens is 308 g/mol. The number of nitrogens with one attached hydrogen (secondary N) is 1. The lowest BCUT2D eigenvalue weighted by Crippen LogP contribution is -2.22. The van der Waals surface area contributed by atoms with Gasteiger partial charge in [-0.15, -0.1) is 0 Å². The minimum atomic E-state index is -0.259. The molecule has 0 saturated heterocycles. The molecule has 0 spiro atoms. The van der Waals surface area contributed by atoms with Crippen LogP contribution in [0.3, 0.4) is 0 Å². The predicted octanol–water partition coefficient (Wildman–Crippen LogP) is 2.70. The molecule has 6 heteroatoms. The Kier molecular flexibility index (Phi) is 5.78. The van der Waals surface area contributed by atoms with Gasteiger partial charge in [-0.1, -0.05) is 0 Å². The van der Waals surface area contributed by atoms with Crippen LogP contribution in [0.5, 0.6) is 11.5 Å². The van der Waals surface area contributed by atoms with Gasteiger partial charge in [-0.05, 0) is 48.5 Å². The van der Waals surface area contributed by atoms with Crippen molar-refractivity contribution < 1.29 is 19.1 Å². The Morgan fingerprint density at radius 1 is 1.00 bits per heavy atom. The van der Waals surface area contributed by atoms with Gasteiger partial charge in [0.15, 0.2) is 6.61 Å². The van der Waals surface area contributed by atoms with E-state index in [2.05, 4.69) is 5.32 Å². The van der Waals surface area contributed by atoms with Gasteiger partial charge in [-0.3, -0.25) is 9.59 Å². The number of carbonyl (C=O) groups excluding carboxylic acids is 2. The number of methoxy groups -OCH3 is 1. The van der Waals surface area contributed by atoms with E-state index in [0.29, 0.717) is 11.4 Å². The molecule has 0 radical (unpaired) electrons. The van der Waals surface area contributed by atoms with E-state index in [4.69, 9.17) is 9.47 Å². The lowest BCUT2D eigenvalue weighted by atomic mass is 10.3. The van der Waals surface area contributed by atoms with Gasteiger partial charge in [0.05, 0.1) is 7.11 Å². The second-order valence-corrected chi connectivity index (χ2v) is 5.14. The number of anilines is 2. The number of benzene rings is 2. The molecule has 2 aromatic carbocycles. The van der Waals surface area contributed by atoms with E-state index in [9.17, 15) is 9.59 Å². The van der Waals surface area contributed by atoms with Crippen molar-refractivity contribution in [2.75, 3.05) is 31.0 Å². The second-order valence-electron chi connectivity index (χ2n) is 5.14. The molecule has 6 nitrogen and oxygen atoms in total. The molecule has 0 bridgehead atoms. The number of hydrogen-bond acceptors (Lipinski definition) is 4. The summed E-state index contributed by atoms with van der Waals surface area (Å²) in [5, 5.41) is 2.74. The molecule has 0 aromatic heterocycles. The summed E-state index contributed by atoms with van der Waals surface area (Å²) in [4.78, 5) is 24.7. The van der Waals surface area contributed by atoms with Crippen LogP contribution in [0.2, 0.25) is 0 Å². The number of hydrogen-bond donors (Lipinski definition) is 1. The smallest absolute Gasteiger partial charge is 0.262 e. The van der Waals surface area contributed by atoms with Gasteiger partial charge >= 0.3 is 0 Å². The van der Waals surface area contributed by atoms with Crippen LogP contribution in [0.15, 0.2) is 48.5 Å². The first-order valence-corrected chi connectivity index (χ1v) is 7.40. The second kappa shape index (κ2) is 8.01. The van der Waals surface area contributed by atoms with Gasteiger partial charge in [-0.2, -0.15) is 0 Å². The van der Waals surface area contributed by atoms with Gasteiger partial charge in [0.2, 0.25) is 5.91 Å². The molecule has 0 aliphatic heterocycles. The molecule has 1 N–H and O–H groups in total. The highest BCUT2D eigenvalue weighted by Gasteiger charge is 2.07. The molecule has 0 aliphatic rings. The fraction of sp³-hybridized carbons (Fsp3) is 0.222. The molecule has 0 saturated carbocycles. The Labute approximate surface area is 141 Å². The Balaban J connectivity index is 1.85. The number of ether oxygens (including phenoxy) is 2. The number of nitrogens with zero attached hydrogens (tertiary/aromatic N) is 1. The standard InChI is InChI=1S/C18H20N2O4/c1-13(21)20(2)15-6-10-17(11-7-15)24-12-18(22)19-14-4-8-16(23-3)9-5-14/h4-11H,12H2,1-3H3,(H,19,22). The Morgan fingerprint density at radius 3 is 2.12 bits per heavy atom. The van der Waals surface area contributed by atoms with Crippen LogP contribution in [0, 0.1) is 0 Å². The van der Waals surface area contributed by atoms with Gasteiger partial charge in [0, 0.05) is 25.3 Å². The monoisotopic (exact) mass is 328 g/mol. The van der Waals surface area contributed by atoms with Crippen molar-refractivity contribution in [2.24, 2.45) is 0 Å². The van der Waals surface area contributed by atoms with Crippen molar-refractivity contribution >= 4 is 23.2 Å². The average molecular weight is 328 g/mol. The quantitative estimate of drug-likeness (QED) is 0.885. The minimum Gasteiger partial charge on any atom is -0.497 e. The fourth-order valence-electron chi connectivity index (χ4n) is 1.97. The number of rotatable bonds is 6. The summed E-state index contributed by atoms with van der Waals surface area (Å²) < 4.78 is 10.5. The summed E-state index contributed by atoms with van der Waals surface area (Å²) in [5.74, 6) is 0.966. The van der Waals surface area contributed by atoms with E-state index < -0.39 is 0 Å². The van der Waals surface area contributed by atoms with Crippen molar-refractivity contribution in [3.63, 3.8) is 0 Å². The maximum absolute atomic E-state index is 11.9. The normalized spacial score (nSPS) is 9.96. The van der Waals surface area contributed by atoms with E-state index >= 15 is 0 Å². The van der Waals surface area contributed by atoms with E-state index in [-0.39, 0.29) is 18.4 Å². The molecule has 2 amide bonds. The van der Waals surface area contributed by atoms with Crippen LogP contribution in [-0.4, -0.2) is 32.6 Å². The zero-order valence-electron chi connectivity index (χ0n) is 13.9. The predicted molar refractivity (Wildman–Crippen MR) is 92.6 cm³/mol. The summed E-state index contributed by atoms with van der Waals surface area (Å²) in [6.07, 6.45) is 0. The van der Waals surface area contributed by atoms with Crippen molar-refractivity contribution in [3.8, 4) is 11.5 Å². The molecule has 0 fully saturated rings. The van der Waals surface area contributed by atoms with Gasteiger partial charge in [0.1, 0.15) is 11.5 Å². The molecule has 2 rings (SSSR count). The third-order valence-electron chi connectivity index (χ3n) is 3.44. The van der Waals surface area contributed by atoms with E-state index in [1.807, 2.05) is 0 Å². The van der Waals surface area contributed by atoms with Crippen molar-refractivity contribution in [1.82, 2.24) is 0 Å². The first kappa shape index (κ1) is 17.3. The highest BCUT2D eigenvalue weighted by molar-refractivity contribution is 5.92. The Hall–Kier alpha value is -3.02. The van der Waals surface area contributed by atoms with Gasteiger partial charge in [-0.25, -0.2) is 0 Å². The van der Waals surface area contributed by atoms with Gasteiger partial charge < -0.3 is 19.7 Å². The van der Waals surface area contributed by atoms with Crippen molar-refractivity contribution in [3.05, 3.63) is 48.5 Å². The van der Waals surface area contributed by atoms with Crippen LogP contribution < -0.4 is 19.7 Å². The van der Waals surface area contributed by atoms with Crippen LogP contribution >= 0.6 is 0 Å². The lowest BCUT2D eigenvalue weighted by molar-refractivity contribution is -0.118. The van der Waals surface area contributed by atoms with Crippen LogP contribution in [0.25, 0.3) is 0 Å². The first-order valence-electron chi connectivity index (χ1n) is 7.40. The lowest BCUT2D eigenvalue weighted by Gasteiger charge is -2.15. The first-order chi connectivity index (χ1) is 11.5. The largest absolute Gasteiger partial charge is 0.497 e. The molecule has 24 heavy (non-hydrogen) atoms. The molecule has 126 valence electrons. The van der Waals surface area contributed by atoms with E-state index in [1.54, 1.807) is 62.7 Å². The highest BCUT2D eigenvalue weighted by Crippen LogP contribution is 2.19. The number of amides is 2. The maximum Gasteiger partial charge on any atom is 0.262 e. The van der Waals surface area contributed by atoms with E-state index in [1.165, 1.54) is 11.8 Å². The SMILES string of the molecule is COc1ccc(NC(=O)COc2ccc(N(C)C(C)=O)cc2)cc1. The fourth-order valence-corrected chi connectivity index (χ4v) is 1.97. The zero-order chi connectivity index (χ0) is 17.5. The zero-order valence-corrected chi connectivity index (χ0v) is 13.9. The molecular formula is C18H20N2O4. The minimum absolute atomic E-state index is 0.0532. The highest BCUT2D eigenvalue weighted by atomic mass is 16.5. The topological polar surface area (TPSA) is 67.9 Å². The van der Waals surface area contributed by atoms with Crippen LogP contribution in [-0.2, 0) is 9.59 Å². The average Bonchev–Trinajstić information content (AvgIpc) is 2.60. The molecule has 2 aromatic rings. The summed E-state index contributed by atoms with van der Waals surface area (Å²) >= 11 is 0. The molecule has 0 aliphatic carbocycles. The summed E-state index contributed by atoms with van der Waals surface area (Å²) in [6.45, 7) is 1.39. The summed E-state index contributed by atoms with van der Waals surface area (Å²) in [5.41, 5.74) is 1.43. The molecule has 0 atom stereocenters. The molecule has 0 unspecified atom stereocenters. The van der Waals surface area contributed by atoms with Crippen molar-refractivity contribution in [1.29, 1.82) is 0 Å². The Bertz CT molecular complexity index is 696. The van der Waals surface area contributed by atoms with Crippen LogP contribution in [0.1, 0.15) is 6.92 Å². The van der Waals surface area contributed by atoms with E-state index in [0.717, 1.165) is 11.4 Å².